The third-order valence-corrected chi connectivity index (χ3v) is 5.68. The normalized spacial score (nSPS) is 14.6. The number of esters is 1. The standard InChI is InChI=1S/C24H18Cl2N2O5/c1-32-22(29)12-28-23(30)20(27-24(28)31)11-18-17-5-3-2-4-14(17)7-9-21(18)33-13-15-6-8-16(25)10-19(15)26/h2-11H,12-13H2,1H3,(H,27,31)/b20-11+. The van der Waals surface area contributed by atoms with E-state index >= 15 is 0 Å². The fourth-order valence-electron chi connectivity index (χ4n) is 3.40. The quantitative estimate of drug-likeness (QED) is 0.308. The Kier molecular flexibility index (Phi) is 6.53. The van der Waals surface area contributed by atoms with Crippen LogP contribution in [0.3, 0.4) is 0 Å². The van der Waals surface area contributed by atoms with Crippen LogP contribution >= 0.6 is 23.2 Å². The van der Waals surface area contributed by atoms with Crippen LogP contribution in [0.2, 0.25) is 10.0 Å². The van der Waals surface area contributed by atoms with Crippen LogP contribution in [0.25, 0.3) is 16.8 Å². The van der Waals surface area contributed by atoms with E-state index in [0.717, 1.165) is 21.2 Å². The number of nitrogens with zero attached hydrogens (tertiary/aromatic N) is 1. The summed E-state index contributed by atoms with van der Waals surface area (Å²) in [6.07, 6.45) is 1.54. The van der Waals surface area contributed by atoms with Crippen molar-refractivity contribution < 1.29 is 23.9 Å². The summed E-state index contributed by atoms with van der Waals surface area (Å²) >= 11 is 12.2. The molecule has 0 spiro atoms. The number of urea groups is 1. The molecule has 0 aliphatic carbocycles. The summed E-state index contributed by atoms with van der Waals surface area (Å²) in [5.74, 6) is -0.848. The van der Waals surface area contributed by atoms with Crippen molar-refractivity contribution in [2.24, 2.45) is 0 Å². The van der Waals surface area contributed by atoms with Gasteiger partial charge in [0.1, 0.15) is 24.6 Å². The topological polar surface area (TPSA) is 84.9 Å². The Hall–Kier alpha value is -3.55. The number of imide groups is 1. The number of halogens is 2. The molecule has 0 unspecified atom stereocenters. The van der Waals surface area contributed by atoms with Crippen molar-refractivity contribution in [3.8, 4) is 5.75 Å². The Bertz CT molecular complexity index is 1310. The summed E-state index contributed by atoms with van der Waals surface area (Å²) in [6, 6.07) is 15.7. The maximum Gasteiger partial charge on any atom is 0.329 e. The number of amides is 3. The predicted molar refractivity (Wildman–Crippen MR) is 125 cm³/mol. The number of methoxy groups -OCH3 is 1. The van der Waals surface area contributed by atoms with Gasteiger partial charge in [-0.25, -0.2) is 9.69 Å². The van der Waals surface area contributed by atoms with Gasteiger partial charge in [-0.15, -0.1) is 0 Å². The molecule has 4 rings (SSSR count). The maximum atomic E-state index is 12.8. The highest BCUT2D eigenvalue weighted by atomic mass is 35.5. The van der Waals surface area contributed by atoms with Crippen molar-refractivity contribution in [1.29, 1.82) is 0 Å². The molecule has 1 aliphatic rings. The monoisotopic (exact) mass is 484 g/mol. The van der Waals surface area contributed by atoms with Crippen LogP contribution in [0, 0.1) is 0 Å². The molecule has 1 heterocycles. The lowest BCUT2D eigenvalue weighted by molar-refractivity contribution is -0.143. The summed E-state index contributed by atoms with van der Waals surface area (Å²) in [6.45, 7) is -0.314. The van der Waals surface area contributed by atoms with Crippen LogP contribution in [-0.4, -0.2) is 36.5 Å². The van der Waals surface area contributed by atoms with Crippen LogP contribution in [0.15, 0.2) is 60.3 Å². The molecule has 7 nitrogen and oxygen atoms in total. The van der Waals surface area contributed by atoms with E-state index < -0.39 is 24.5 Å². The third kappa shape index (κ3) is 4.79. The van der Waals surface area contributed by atoms with E-state index in [2.05, 4.69) is 10.1 Å². The van der Waals surface area contributed by atoms with Gasteiger partial charge in [0.05, 0.1) is 7.11 Å². The Morgan fingerprint density at radius 2 is 1.88 bits per heavy atom. The van der Waals surface area contributed by atoms with Crippen molar-refractivity contribution in [3.05, 3.63) is 81.5 Å². The highest BCUT2D eigenvalue weighted by Crippen LogP contribution is 2.32. The average molecular weight is 485 g/mol. The Morgan fingerprint density at radius 1 is 1.09 bits per heavy atom. The Morgan fingerprint density at radius 3 is 2.64 bits per heavy atom. The molecule has 3 aromatic rings. The van der Waals surface area contributed by atoms with Gasteiger partial charge in [0.2, 0.25) is 0 Å². The van der Waals surface area contributed by atoms with Crippen molar-refractivity contribution in [1.82, 2.24) is 10.2 Å². The number of ether oxygens (including phenoxy) is 2. The van der Waals surface area contributed by atoms with Crippen molar-refractivity contribution in [2.45, 2.75) is 6.61 Å². The smallest absolute Gasteiger partial charge is 0.329 e. The first-order valence-corrected chi connectivity index (χ1v) is 10.6. The van der Waals surface area contributed by atoms with Gasteiger partial charge in [-0.1, -0.05) is 59.6 Å². The van der Waals surface area contributed by atoms with Crippen molar-refractivity contribution >= 4 is 58.0 Å². The Balaban J connectivity index is 1.71. The van der Waals surface area contributed by atoms with Crippen LogP contribution in [0.5, 0.6) is 5.75 Å². The van der Waals surface area contributed by atoms with Gasteiger partial charge in [-0.2, -0.15) is 0 Å². The van der Waals surface area contributed by atoms with Crippen molar-refractivity contribution in [2.75, 3.05) is 13.7 Å². The number of rotatable bonds is 6. The average Bonchev–Trinajstić information content (AvgIpc) is 3.06. The molecule has 0 atom stereocenters. The second-order valence-corrected chi connectivity index (χ2v) is 8.02. The second kappa shape index (κ2) is 9.52. The number of hydrogen-bond donors (Lipinski definition) is 1. The fraction of sp³-hybridized carbons (Fsp3) is 0.125. The zero-order valence-corrected chi connectivity index (χ0v) is 18.9. The molecular formula is C24H18Cl2N2O5. The molecule has 1 N–H and O–H groups in total. The lowest BCUT2D eigenvalue weighted by Gasteiger charge is -2.13. The minimum Gasteiger partial charge on any atom is -0.488 e. The lowest BCUT2D eigenvalue weighted by atomic mass is 10.0. The number of fused-ring (bicyclic) bond motifs is 1. The zero-order valence-electron chi connectivity index (χ0n) is 17.4. The van der Waals surface area contributed by atoms with Gasteiger partial charge in [-0.3, -0.25) is 9.59 Å². The van der Waals surface area contributed by atoms with Gasteiger partial charge >= 0.3 is 12.0 Å². The van der Waals surface area contributed by atoms with Crippen LogP contribution in [-0.2, 0) is 20.9 Å². The predicted octanol–water partition coefficient (Wildman–Crippen LogP) is 4.79. The van der Waals surface area contributed by atoms with Crippen molar-refractivity contribution in [3.63, 3.8) is 0 Å². The fourth-order valence-corrected chi connectivity index (χ4v) is 3.86. The van der Waals surface area contributed by atoms with Crippen LogP contribution < -0.4 is 10.1 Å². The molecule has 1 aliphatic heterocycles. The van der Waals surface area contributed by atoms with Crippen LogP contribution in [0.1, 0.15) is 11.1 Å². The molecule has 1 fully saturated rings. The SMILES string of the molecule is COC(=O)CN1C(=O)N/C(=C/c2c(OCc3ccc(Cl)cc3Cl)ccc3ccccc23)C1=O. The molecule has 1 saturated heterocycles. The number of carbonyl (C=O) groups excluding carboxylic acids is 3. The molecule has 0 saturated carbocycles. The molecule has 9 heteroatoms. The van der Waals surface area contributed by atoms with E-state index in [9.17, 15) is 14.4 Å². The summed E-state index contributed by atoms with van der Waals surface area (Å²) in [4.78, 5) is 37.4. The van der Waals surface area contributed by atoms with Gasteiger partial charge in [0.15, 0.2) is 0 Å². The van der Waals surface area contributed by atoms with E-state index in [1.54, 1.807) is 30.3 Å². The highest BCUT2D eigenvalue weighted by molar-refractivity contribution is 6.35. The second-order valence-electron chi connectivity index (χ2n) is 7.18. The zero-order chi connectivity index (χ0) is 23.5. The van der Waals surface area contributed by atoms with E-state index in [4.69, 9.17) is 27.9 Å². The summed E-state index contributed by atoms with van der Waals surface area (Å²) in [5.41, 5.74) is 1.36. The number of benzene rings is 3. The maximum absolute atomic E-state index is 12.8. The van der Waals surface area contributed by atoms with Gasteiger partial charge in [-0.05, 0) is 35.0 Å². The first kappa shape index (κ1) is 22.6. The number of carbonyl (C=O) groups is 3. The molecule has 33 heavy (non-hydrogen) atoms. The first-order chi connectivity index (χ1) is 15.9. The summed E-state index contributed by atoms with van der Waals surface area (Å²) in [5, 5.41) is 5.24. The molecule has 0 radical (unpaired) electrons. The molecule has 3 aromatic carbocycles. The summed E-state index contributed by atoms with van der Waals surface area (Å²) < 4.78 is 10.6. The minimum atomic E-state index is -0.702. The number of nitrogens with one attached hydrogen (secondary N) is 1. The minimum absolute atomic E-state index is 0.0228. The molecule has 3 amide bonds. The number of hydrogen-bond acceptors (Lipinski definition) is 5. The van der Waals surface area contributed by atoms with E-state index in [1.807, 2.05) is 30.3 Å². The largest absolute Gasteiger partial charge is 0.488 e. The highest BCUT2D eigenvalue weighted by Gasteiger charge is 2.35. The first-order valence-electron chi connectivity index (χ1n) is 9.87. The third-order valence-electron chi connectivity index (χ3n) is 5.09. The van der Waals surface area contributed by atoms with Gasteiger partial charge < -0.3 is 14.8 Å². The molecule has 0 bridgehead atoms. The summed E-state index contributed by atoms with van der Waals surface area (Å²) in [7, 11) is 1.18. The molecule has 0 aromatic heterocycles. The molecule has 168 valence electrons. The van der Waals surface area contributed by atoms with E-state index in [0.29, 0.717) is 21.4 Å². The van der Waals surface area contributed by atoms with E-state index in [-0.39, 0.29) is 12.3 Å². The lowest BCUT2D eigenvalue weighted by Crippen LogP contribution is -2.36. The van der Waals surface area contributed by atoms with Gasteiger partial charge in [0.25, 0.3) is 5.91 Å². The molecular weight excluding hydrogens is 467 g/mol. The van der Waals surface area contributed by atoms with E-state index in [1.165, 1.54) is 7.11 Å². The Labute approximate surface area is 199 Å². The van der Waals surface area contributed by atoms with Gasteiger partial charge in [0, 0.05) is 21.2 Å². The van der Waals surface area contributed by atoms with Crippen LogP contribution in [0.4, 0.5) is 4.79 Å².